The van der Waals surface area contributed by atoms with Crippen LogP contribution in [0.5, 0.6) is 0 Å². The first-order valence-electron chi connectivity index (χ1n) is 5.89. The molecule has 0 spiro atoms. The van der Waals surface area contributed by atoms with Crippen molar-refractivity contribution in [3.63, 3.8) is 0 Å². The Balaban J connectivity index is 1.93. The van der Waals surface area contributed by atoms with Crippen molar-refractivity contribution in [2.45, 2.75) is 37.0 Å². The first kappa shape index (κ1) is 12.8. The van der Waals surface area contributed by atoms with Crippen LogP contribution in [0.3, 0.4) is 0 Å². The van der Waals surface area contributed by atoms with Crippen LogP contribution in [0.1, 0.15) is 25.7 Å². The number of nitrogen functional groups attached to an aromatic ring is 1. The lowest BCUT2D eigenvalue weighted by Gasteiger charge is -2.28. The van der Waals surface area contributed by atoms with Crippen LogP contribution in [0.15, 0.2) is 12.3 Å². The topological polar surface area (TPSA) is 50.9 Å². The van der Waals surface area contributed by atoms with Gasteiger partial charge in [0.15, 0.2) is 0 Å². The zero-order valence-electron chi connectivity index (χ0n) is 9.95. The van der Waals surface area contributed by atoms with Gasteiger partial charge >= 0.3 is 0 Å². The fraction of sp³-hybridized carbons (Fsp3) is 0.583. The Morgan fingerprint density at radius 1 is 1.41 bits per heavy atom. The molecule has 0 radical (unpaired) electrons. The van der Waals surface area contributed by atoms with Crippen molar-refractivity contribution in [1.82, 2.24) is 4.98 Å². The predicted octanol–water partition coefficient (Wildman–Crippen LogP) is 3.40. The molecule has 0 saturated heterocycles. The molecule has 3 N–H and O–H groups in total. The highest BCUT2D eigenvalue weighted by molar-refractivity contribution is 7.99. The lowest BCUT2D eigenvalue weighted by atomic mass is 9.95. The molecular formula is C12H18ClN3S. The monoisotopic (exact) mass is 271 g/mol. The third-order valence-corrected chi connectivity index (χ3v) is 4.64. The van der Waals surface area contributed by atoms with Crippen LogP contribution < -0.4 is 11.1 Å². The van der Waals surface area contributed by atoms with Gasteiger partial charge in [0, 0.05) is 11.3 Å². The molecule has 1 aromatic rings. The average Bonchev–Trinajstić information content (AvgIpc) is 2.34. The molecule has 5 heteroatoms. The maximum absolute atomic E-state index is 6.10. The molecule has 1 saturated carbocycles. The highest BCUT2D eigenvalue weighted by atomic mass is 35.5. The quantitative estimate of drug-likeness (QED) is 0.885. The van der Waals surface area contributed by atoms with E-state index >= 15 is 0 Å². The molecule has 0 aliphatic heterocycles. The number of nitrogens with zero attached hydrogens (tertiary/aromatic N) is 1. The molecule has 0 unspecified atom stereocenters. The van der Waals surface area contributed by atoms with Gasteiger partial charge in [0.25, 0.3) is 0 Å². The van der Waals surface area contributed by atoms with E-state index in [4.69, 9.17) is 17.3 Å². The Morgan fingerprint density at radius 3 is 2.71 bits per heavy atom. The van der Waals surface area contributed by atoms with Gasteiger partial charge in [0.05, 0.1) is 16.9 Å². The zero-order chi connectivity index (χ0) is 12.3. The summed E-state index contributed by atoms with van der Waals surface area (Å²) in [4.78, 5) is 4.24. The van der Waals surface area contributed by atoms with E-state index in [0.717, 1.165) is 11.1 Å². The number of hydrogen-bond donors (Lipinski definition) is 2. The van der Waals surface area contributed by atoms with Gasteiger partial charge in [0.1, 0.15) is 5.82 Å². The van der Waals surface area contributed by atoms with Crippen LogP contribution in [0.4, 0.5) is 11.5 Å². The number of pyridine rings is 1. The third kappa shape index (κ3) is 3.42. The van der Waals surface area contributed by atoms with Gasteiger partial charge in [-0.25, -0.2) is 4.98 Å². The SMILES string of the molecule is CSC1CCC(Nc2ncc(N)cc2Cl)CC1. The van der Waals surface area contributed by atoms with Crippen molar-refractivity contribution in [2.24, 2.45) is 0 Å². The lowest BCUT2D eigenvalue weighted by molar-refractivity contribution is 0.472. The number of thioether (sulfide) groups is 1. The molecule has 1 heterocycles. The van der Waals surface area contributed by atoms with Crippen LogP contribution >= 0.6 is 23.4 Å². The van der Waals surface area contributed by atoms with Gasteiger partial charge in [-0.05, 0) is 38.0 Å². The number of rotatable bonds is 3. The summed E-state index contributed by atoms with van der Waals surface area (Å²) in [7, 11) is 0. The minimum atomic E-state index is 0.493. The highest BCUT2D eigenvalue weighted by Crippen LogP contribution is 2.30. The first-order valence-corrected chi connectivity index (χ1v) is 7.56. The molecule has 0 bridgehead atoms. The molecule has 1 aliphatic carbocycles. The van der Waals surface area contributed by atoms with Crippen molar-refractivity contribution in [1.29, 1.82) is 0 Å². The van der Waals surface area contributed by atoms with Gasteiger partial charge in [0.2, 0.25) is 0 Å². The summed E-state index contributed by atoms with van der Waals surface area (Å²) in [6.07, 6.45) is 8.75. The normalized spacial score (nSPS) is 24.6. The van der Waals surface area contributed by atoms with Gasteiger partial charge in [-0.1, -0.05) is 11.6 Å². The highest BCUT2D eigenvalue weighted by Gasteiger charge is 2.21. The maximum Gasteiger partial charge on any atom is 0.145 e. The second-order valence-corrected chi connectivity index (χ2v) is 6.00. The summed E-state index contributed by atoms with van der Waals surface area (Å²) in [5, 5.41) is 4.84. The lowest BCUT2D eigenvalue weighted by Crippen LogP contribution is -2.27. The van der Waals surface area contributed by atoms with Crippen LogP contribution in [0, 0.1) is 0 Å². The van der Waals surface area contributed by atoms with E-state index in [1.54, 1.807) is 12.3 Å². The summed E-state index contributed by atoms with van der Waals surface area (Å²) in [6.45, 7) is 0. The number of nitrogens with one attached hydrogen (secondary N) is 1. The molecule has 1 aliphatic rings. The molecule has 3 nitrogen and oxygen atoms in total. The summed E-state index contributed by atoms with van der Waals surface area (Å²) in [5.41, 5.74) is 6.22. The van der Waals surface area contributed by atoms with E-state index in [9.17, 15) is 0 Å². The van der Waals surface area contributed by atoms with E-state index in [0.29, 0.717) is 16.8 Å². The minimum Gasteiger partial charge on any atom is -0.397 e. The summed E-state index contributed by atoms with van der Waals surface area (Å²) in [6, 6.07) is 2.23. The van der Waals surface area contributed by atoms with Crippen molar-refractivity contribution < 1.29 is 0 Å². The number of nitrogens with two attached hydrogens (primary N) is 1. The molecule has 0 amide bonds. The molecule has 2 rings (SSSR count). The fourth-order valence-electron chi connectivity index (χ4n) is 2.20. The Kier molecular flexibility index (Phi) is 4.40. The average molecular weight is 272 g/mol. The van der Waals surface area contributed by atoms with Crippen molar-refractivity contribution in [2.75, 3.05) is 17.3 Å². The van der Waals surface area contributed by atoms with E-state index < -0.39 is 0 Å². The second kappa shape index (κ2) is 5.83. The smallest absolute Gasteiger partial charge is 0.145 e. The largest absolute Gasteiger partial charge is 0.397 e. The summed E-state index contributed by atoms with van der Waals surface area (Å²) < 4.78 is 0. The number of aromatic nitrogens is 1. The van der Waals surface area contributed by atoms with E-state index in [-0.39, 0.29) is 0 Å². The fourth-order valence-corrected chi connectivity index (χ4v) is 3.17. The van der Waals surface area contributed by atoms with Crippen molar-refractivity contribution in [3.8, 4) is 0 Å². The zero-order valence-corrected chi connectivity index (χ0v) is 11.5. The van der Waals surface area contributed by atoms with Gasteiger partial charge in [-0.2, -0.15) is 11.8 Å². The number of halogens is 1. The van der Waals surface area contributed by atoms with Gasteiger partial charge < -0.3 is 11.1 Å². The van der Waals surface area contributed by atoms with Crippen LogP contribution in [-0.2, 0) is 0 Å². The Bertz CT molecular complexity index is 378. The Labute approximate surface area is 112 Å². The van der Waals surface area contributed by atoms with Gasteiger partial charge in [-0.3, -0.25) is 0 Å². The second-order valence-electron chi connectivity index (χ2n) is 4.45. The molecule has 0 aromatic carbocycles. The van der Waals surface area contributed by atoms with Crippen LogP contribution in [0.2, 0.25) is 5.02 Å². The molecule has 94 valence electrons. The third-order valence-electron chi connectivity index (χ3n) is 3.21. The standard InChI is InChI=1S/C12H18ClN3S/c1-17-10-4-2-9(3-5-10)16-12-11(13)6-8(14)7-15-12/h6-7,9-10H,2-5,14H2,1H3,(H,15,16). The first-order chi connectivity index (χ1) is 8.19. The molecule has 17 heavy (non-hydrogen) atoms. The van der Waals surface area contributed by atoms with E-state index in [2.05, 4.69) is 16.6 Å². The maximum atomic E-state index is 6.10. The van der Waals surface area contributed by atoms with Crippen LogP contribution in [0.25, 0.3) is 0 Å². The Hall–Kier alpha value is -0.610. The predicted molar refractivity (Wildman–Crippen MR) is 76.8 cm³/mol. The molecule has 1 aromatic heterocycles. The van der Waals surface area contributed by atoms with E-state index in [1.807, 2.05) is 11.8 Å². The van der Waals surface area contributed by atoms with Crippen LogP contribution in [-0.4, -0.2) is 22.5 Å². The Morgan fingerprint density at radius 2 is 2.12 bits per heavy atom. The summed E-state index contributed by atoms with van der Waals surface area (Å²) >= 11 is 8.07. The number of hydrogen-bond acceptors (Lipinski definition) is 4. The van der Waals surface area contributed by atoms with Gasteiger partial charge in [-0.15, -0.1) is 0 Å². The summed E-state index contributed by atoms with van der Waals surface area (Å²) in [5.74, 6) is 0.758. The molecule has 1 fully saturated rings. The van der Waals surface area contributed by atoms with Crippen molar-refractivity contribution in [3.05, 3.63) is 17.3 Å². The minimum absolute atomic E-state index is 0.493. The van der Waals surface area contributed by atoms with Crippen molar-refractivity contribution >= 4 is 34.9 Å². The molecular weight excluding hydrogens is 254 g/mol. The number of anilines is 2. The molecule has 0 atom stereocenters. The van der Waals surface area contributed by atoms with E-state index in [1.165, 1.54) is 25.7 Å².